The van der Waals surface area contributed by atoms with Gasteiger partial charge in [-0.2, -0.15) is 0 Å². The highest BCUT2D eigenvalue weighted by Crippen LogP contribution is 1.99. The molecule has 1 atom stereocenters. The first kappa shape index (κ1) is 11.5. The van der Waals surface area contributed by atoms with Crippen LogP contribution in [0.25, 0.3) is 0 Å². The highest BCUT2D eigenvalue weighted by atomic mass is 16.3. The van der Waals surface area contributed by atoms with Gasteiger partial charge in [0.15, 0.2) is 0 Å². The predicted octanol–water partition coefficient (Wildman–Crippen LogP) is 1.06. The topological polar surface area (TPSA) is 54.3 Å². The molecule has 4 heteroatoms. The molecule has 0 fully saturated rings. The molecule has 4 nitrogen and oxygen atoms in total. The molecule has 0 unspecified atom stereocenters. The van der Waals surface area contributed by atoms with E-state index < -0.39 is 0 Å². The summed E-state index contributed by atoms with van der Waals surface area (Å²) in [5.41, 5.74) is 0. The van der Waals surface area contributed by atoms with Crippen LogP contribution in [-0.4, -0.2) is 18.5 Å². The normalized spacial score (nSPS) is 12.1. The molecule has 0 aromatic carbocycles. The number of hydrogen-bond donors (Lipinski definition) is 2. The summed E-state index contributed by atoms with van der Waals surface area (Å²) in [6.45, 7) is 6.38. The second-order valence-corrected chi connectivity index (χ2v) is 3.22. The van der Waals surface area contributed by atoms with Crippen molar-refractivity contribution >= 4 is 5.91 Å². The van der Waals surface area contributed by atoms with Gasteiger partial charge in [-0.05, 0) is 19.1 Å². The van der Waals surface area contributed by atoms with Crippen molar-refractivity contribution in [2.24, 2.45) is 0 Å². The van der Waals surface area contributed by atoms with Gasteiger partial charge in [-0.3, -0.25) is 10.1 Å². The van der Waals surface area contributed by atoms with Crippen molar-refractivity contribution in [1.29, 1.82) is 0 Å². The van der Waals surface area contributed by atoms with Crippen LogP contribution in [0.4, 0.5) is 0 Å². The van der Waals surface area contributed by atoms with Gasteiger partial charge in [0.05, 0.1) is 18.8 Å². The fourth-order valence-corrected chi connectivity index (χ4v) is 1.09. The number of nitrogens with one attached hydrogen (secondary N) is 2. The van der Waals surface area contributed by atoms with E-state index in [-0.39, 0.29) is 11.9 Å². The van der Waals surface area contributed by atoms with Crippen molar-refractivity contribution in [3.63, 3.8) is 0 Å². The highest BCUT2D eigenvalue weighted by molar-refractivity contribution is 5.81. The van der Waals surface area contributed by atoms with E-state index in [1.54, 1.807) is 19.3 Å². The van der Waals surface area contributed by atoms with Gasteiger partial charge in [0.1, 0.15) is 5.76 Å². The summed E-state index contributed by atoms with van der Waals surface area (Å²) in [7, 11) is 0. The minimum absolute atomic E-state index is 0.0403. The Morgan fingerprint density at radius 2 is 2.53 bits per heavy atom. The Morgan fingerprint density at radius 1 is 1.73 bits per heavy atom. The molecule has 0 aliphatic carbocycles. The van der Waals surface area contributed by atoms with Crippen molar-refractivity contribution in [2.75, 3.05) is 6.54 Å². The molecular weight excluding hydrogens is 192 g/mol. The van der Waals surface area contributed by atoms with Crippen molar-refractivity contribution in [3.05, 3.63) is 36.8 Å². The molecule has 1 amide bonds. The fourth-order valence-electron chi connectivity index (χ4n) is 1.09. The molecule has 1 heterocycles. The second kappa shape index (κ2) is 6.03. The Kier molecular flexibility index (Phi) is 4.63. The minimum atomic E-state index is -0.241. The molecule has 0 aliphatic rings. The van der Waals surface area contributed by atoms with E-state index in [0.29, 0.717) is 13.1 Å². The van der Waals surface area contributed by atoms with Crippen LogP contribution in [0.3, 0.4) is 0 Å². The largest absolute Gasteiger partial charge is 0.468 e. The fraction of sp³-hybridized carbons (Fsp3) is 0.364. The Bertz CT molecular complexity index is 306. The molecule has 2 N–H and O–H groups in total. The van der Waals surface area contributed by atoms with Crippen LogP contribution in [0.5, 0.6) is 0 Å². The Morgan fingerprint density at radius 3 is 3.13 bits per heavy atom. The zero-order valence-electron chi connectivity index (χ0n) is 8.82. The molecule has 0 spiro atoms. The molecule has 0 bridgehead atoms. The lowest BCUT2D eigenvalue weighted by molar-refractivity contribution is -0.122. The first-order chi connectivity index (χ1) is 7.24. The molecule has 0 radical (unpaired) electrons. The average molecular weight is 208 g/mol. The van der Waals surface area contributed by atoms with Gasteiger partial charge in [0.2, 0.25) is 5.91 Å². The third-order valence-electron chi connectivity index (χ3n) is 1.98. The number of carbonyl (C=O) groups is 1. The highest BCUT2D eigenvalue weighted by Gasteiger charge is 2.10. The molecule has 1 rings (SSSR count). The van der Waals surface area contributed by atoms with Crippen molar-refractivity contribution < 1.29 is 9.21 Å². The summed E-state index contributed by atoms with van der Waals surface area (Å²) in [5, 5.41) is 5.77. The van der Waals surface area contributed by atoms with Crippen LogP contribution in [0, 0.1) is 0 Å². The quantitative estimate of drug-likeness (QED) is 0.687. The number of hydrogen-bond acceptors (Lipinski definition) is 3. The smallest absolute Gasteiger partial charge is 0.237 e. The van der Waals surface area contributed by atoms with Gasteiger partial charge in [0, 0.05) is 6.54 Å². The van der Waals surface area contributed by atoms with Crippen LogP contribution in [0.2, 0.25) is 0 Å². The van der Waals surface area contributed by atoms with Crippen LogP contribution in [-0.2, 0) is 11.3 Å². The van der Waals surface area contributed by atoms with Crippen molar-refractivity contribution in [1.82, 2.24) is 10.6 Å². The van der Waals surface area contributed by atoms with Gasteiger partial charge in [-0.15, -0.1) is 6.58 Å². The van der Waals surface area contributed by atoms with Crippen LogP contribution >= 0.6 is 0 Å². The second-order valence-electron chi connectivity index (χ2n) is 3.22. The number of furan rings is 1. The van der Waals surface area contributed by atoms with E-state index in [9.17, 15) is 4.79 Å². The van der Waals surface area contributed by atoms with E-state index in [1.807, 2.05) is 12.1 Å². The summed E-state index contributed by atoms with van der Waals surface area (Å²) in [6.07, 6.45) is 3.26. The van der Waals surface area contributed by atoms with Gasteiger partial charge in [-0.1, -0.05) is 6.08 Å². The first-order valence-electron chi connectivity index (χ1n) is 4.88. The summed E-state index contributed by atoms with van der Waals surface area (Å²) in [6, 6.07) is 3.44. The molecule has 0 saturated carbocycles. The molecule has 82 valence electrons. The van der Waals surface area contributed by atoms with Crippen LogP contribution < -0.4 is 10.6 Å². The zero-order chi connectivity index (χ0) is 11.1. The Balaban J connectivity index is 2.26. The molecule has 15 heavy (non-hydrogen) atoms. The lowest BCUT2D eigenvalue weighted by Gasteiger charge is -2.11. The summed E-state index contributed by atoms with van der Waals surface area (Å²) in [4.78, 5) is 11.4. The number of rotatable bonds is 6. The Labute approximate surface area is 89.4 Å². The third-order valence-corrected chi connectivity index (χ3v) is 1.98. The van der Waals surface area contributed by atoms with Crippen molar-refractivity contribution in [3.8, 4) is 0 Å². The van der Waals surface area contributed by atoms with E-state index in [0.717, 1.165) is 5.76 Å². The summed E-state index contributed by atoms with van der Waals surface area (Å²) in [5.74, 6) is 0.778. The molecule has 0 aliphatic heterocycles. The number of carbonyl (C=O) groups excluding carboxylic acids is 1. The predicted molar refractivity (Wildman–Crippen MR) is 58.2 cm³/mol. The maximum Gasteiger partial charge on any atom is 0.237 e. The summed E-state index contributed by atoms with van der Waals surface area (Å²) >= 11 is 0. The maximum absolute atomic E-state index is 11.4. The average Bonchev–Trinajstić information content (AvgIpc) is 2.75. The van der Waals surface area contributed by atoms with E-state index in [4.69, 9.17) is 4.42 Å². The van der Waals surface area contributed by atoms with E-state index in [2.05, 4.69) is 17.2 Å². The monoisotopic (exact) mass is 208 g/mol. The van der Waals surface area contributed by atoms with Crippen LogP contribution in [0.15, 0.2) is 35.5 Å². The van der Waals surface area contributed by atoms with E-state index >= 15 is 0 Å². The molecular formula is C11H16N2O2. The molecule has 1 aromatic heterocycles. The SMILES string of the molecule is C=CCNC(=O)[C@@H](C)NCc1ccco1. The lowest BCUT2D eigenvalue weighted by atomic mass is 10.3. The van der Waals surface area contributed by atoms with E-state index in [1.165, 1.54) is 0 Å². The number of amides is 1. The standard InChI is InChI=1S/C11H16N2O2/c1-3-6-12-11(14)9(2)13-8-10-5-4-7-15-10/h3-5,7,9,13H,1,6,8H2,2H3,(H,12,14)/t9-/m1/s1. The summed E-state index contributed by atoms with van der Waals surface area (Å²) < 4.78 is 5.13. The van der Waals surface area contributed by atoms with Crippen LogP contribution in [0.1, 0.15) is 12.7 Å². The lowest BCUT2D eigenvalue weighted by Crippen LogP contribution is -2.41. The third kappa shape index (κ3) is 3.99. The van der Waals surface area contributed by atoms with Gasteiger partial charge in [0.25, 0.3) is 0 Å². The molecule has 1 aromatic rings. The maximum atomic E-state index is 11.4. The van der Waals surface area contributed by atoms with Gasteiger partial charge >= 0.3 is 0 Å². The molecule has 0 saturated heterocycles. The van der Waals surface area contributed by atoms with Gasteiger partial charge in [-0.25, -0.2) is 0 Å². The minimum Gasteiger partial charge on any atom is -0.468 e. The van der Waals surface area contributed by atoms with Gasteiger partial charge < -0.3 is 9.73 Å². The van der Waals surface area contributed by atoms with Crippen molar-refractivity contribution in [2.45, 2.75) is 19.5 Å². The Hall–Kier alpha value is -1.55. The zero-order valence-corrected chi connectivity index (χ0v) is 8.82. The first-order valence-corrected chi connectivity index (χ1v) is 4.88.